The molecule has 3 aromatic rings. The third-order valence-corrected chi connectivity index (χ3v) is 5.42. The van der Waals surface area contributed by atoms with Crippen LogP contribution in [0.2, 0.25) is 0 Å². The van der Waals surface area contributed by atoms with Gasteiger partial charge in [-0.05, 0) is 19.2 Å². The lowest BCUT2D eigenvalue weighted by atomic mass is 10.2. The van der Waals surface area contributed by atoms with Crippen LogP contribution in [0.3, 0.4) is 0 Å². The molecule has 0 saturated heterocycles. The highest BCUT2D eigenvalue weighted by Crippen LogP contribution is 2.27. The molecule has 3 heterocycles. The van der Waals surface area contributed by atoms with E-state index in [0.717, 1.165) is 25.2 Å². The lowest BCUT2D eigenvalue weighted by molar-refractivity contribution is -0.116. The van der Waals surface area contributed by atoms with Gasteiger partial charge in [-0.2, -0.15) is 0 Å². The van der Waals surface area contributed by atoms with Crippen LogP contribution in [0.5, 0.6) is 0 Å². The quantitative estimate of drug-likeness (QED) is 0.733. The molecule has 0 bridgehead atoms. The van der Waals surface area contributed by atoms with Crippen molar-refractivity contribution in [1.29, 1.82) is 0 Å². The van der Waals surface area contributed by atoms with Gasteiger partial charge in [0.1, 0.15) is 5.82 Å². The van der Waals surface area contributed by atoms with Crippen LogP contribution in [0.15, 0.2) is 29.1 Å². The smallest absolute Gasteiger partial charge is 0.258 e. The zero-order valence-electron chi connectivity index (χ0n) is 14.4. The van der Waals surface area contributed by atoms with Crippen molar-refractivity contribution in [3.05, 3.63) is 51.0 Å². The van der Waals surface area contributed by atoms with E-state index >= 15 is 0 Å². The van der Waals surface area contributed by atoms with E-state index in [9.17, 15) is 9.59 Å². The number of H-pyrrole nitrogens is 1. The van der Waals surface area contributed by atoms with Crippen molar-refractivity contribution in [1.82, 2.24) is 19.9 Å². The molecule has 0 saturated carbocycles. The van der Waals surface area contributed by atoms with E-state index < -0.39 is 0 Å². The van der Waals surface area contributed by atoms with Gasteiger partial charge >= 0.3 is 0 Å². The number of rotatable bonds is 4. The Bertz CT molecular complexity index is 1030. The number of thiazole rings is 1. The Morgan fingerprint density at radius 2 is 2.19 bits per heavy atom. The van der Waals surface area contributed by atoms with Crippen molar-refractivity contribution in [3.63, 3.8) is 0 Å². The summed E-state index contributed by atoms with van der Waals surface area (Å²) in [5.74, 6) is 0.393. The Balaban J connectivity index is 1.41. The van der Waals surface area contributed by atoms with Gasteiger partial charge in [0.05, 0.1) is 16.6 Å². The van der Waals surface area contributed by atoms with Crippen LogP contribution in [0.4, 0.5) is 5.13 Å². The molecular formula is C18H19N5O2S. The molecule has 1 aliphatic heterocycles. The number of para-hydroxylation sites is 1. The lowest BCUT2D eigenvalue weighted by Crippen LogP contribution is -2.25. The highest BCUT2D eigenvalue weighted by molar-refractivity contribution is 7.15. The van der Waals surface area contributed by atoms with Gasteiger partial charge in [-0.3, -0.25) is 9.59 Å². The lowest BCUT2D eigenvalue weighted by Gasteiger charge is -2.20. The average Bonchev–Trinajstić information content (AvgIpc) is 3.01. The molecule has 4 rings (SSSR count). The maximum Gasteiger partial charge on any atom is 0.258 e. The number of carbonyl (C=O) groups excluding carboxylic acids is 1. The predicted octanol–water partition coefficient (Wildman–Crippen LogP) is 1.94. The standard InChI is InChI=1S/C18H19N5O2S/c1-23-9-8-13-14(10-23)26-18(20-13)22-16(24)7-6-15-19-12-5-3-2-4-11(12)17(25)21-15/h2-5H,6-10H2,1H3,(H,19,21,25)(H,20,22,24). The number of hydrogen-bond donors (Lipinski definition) is 2. The largest absolute Gasteiger partial charge is 0.310 e. The normalized spacial score (nSPS) is 14.3. The Hall–Kier alpha value is -2.58. The van der Waals surface area contributed by atoms with Gasteiger partial charge in [-0.1, -0.05) is 12.1 Å². The fourth-order valence-corrected chi connectivity index (χ4v) is 4.15. The third kappa shape index (κ3) is 3.51. The molecule has 0 aliphatic carbocycles. The van der Waals surface area contributed by atoms with E-state index in [0.29, 0.717) is 28.3 Å². The fourth-order valence-electron chi connectivity index (χ4n) is 3.04. The molecule has 26 heavy (non-hydrogen) atoms. The Morgan fingerprint density at radius 3 is 3.08 bits per heavy atom. The maximum absolute atomic E-state index is 12.2. The van der Waals surface area contributed by atoms with E-state index in [1.807, 2.05) is 6.07 Å². The summed E-state index contributed by atoms with van der Waals surface area (Å²) in [7, 11) is 2.08. The number of nitrogens with one attached hydrogen (secondary N) is 2. The number of aryl methyl sites for hydroxylation is 1. The Kier molecular flexibility index (Phi) is 4.52. The minimum Gasteiger partial charge on any atom is -0.310 e. The number of amides is 1. The summed E-state index contributed by atoms with van der Waals surface area (Å²) < 4.78 is 0. The first kappa shape index (κ1) is 16.9. The van der Waals surface area contributed by atoms with Crippen molar-refractivity contribution in [3.8, 4) is 0 Å². The van der Waals surface area contributed by atoms with Crippen LogP contribution >= 0.6 is 11.3 Å². The summed E-state index contributed by atoms with van der Waals surface area (Å²) >= 11 is 1.54. The molecule has 2 N–H and O–H groups in total. The maximum atomic E-state index is 12.2. The molecule has 2 aromatic heterocycles. The van der Waals surface area contributed by atoms with Crippen LogP contribution in [0.1, 0.15) is 22.8 Å². The second kappa shape index (κ2) is 6.97. The molecule has 1 aliphatic rings. The first-order valence-electron chi connectivity index (χ1n) is 8.53. The molecule has 1 amide bonds. The highest BCUT2D eigenvalue weighted by Gasteiger charge is 2.19. The van der Waals surface area contributed by atoms with Crippen molar-refractivity contribution < 1.29 is 4.79 Å². The van der Waals surface area contributed by atoms with Gasteiger partial charge in [0.25, 0.3) is 5.56 Å². The van der Waals surface area contributed by atoms with Crippen LogP contribution in [0.25, 0.3) is 10.9 Å². The number of aromatic amines is 1. The van der Waals surface area contributed by atoms with Gasteiger partial charge in [-0.25, -0.2) is 9.97 Å². The van der Waals surface area contributed by atoms with Crippen molar-refractivity contribution in [2.45, 2.75) is 25.8 Å². The van der Waals surface area contributed by atoms with Gasteiger partial charge in [0, 0.05) is 37.2 Å². The topological polar surface area (TPSA) is 91.0 Å². The Morgan fingerprint density at radius 1 is 1.35 bits per heavy atom. The molecule has 0 atom stereocenters. The van der Waals surface area contributed by atoms with Gasteiger partial charge in [-0.15, -0.1) is 11.3 Å². The van der Waals surface area contributed by atoms with Crippen molar-refractivity contribution in [2.24, 2.45) is 0 Å². The number of hydrogen-bond acceptors (Lipinski definition) is 6. The summed E-state index contributed by atoms with van der Waals surface area (Å²) in [5, 5.41) is 4.07. The second-order valence-corrected chi connectivity index (χ2v) is 7.54. The first-order chi connectivity index (χ1) is 12.6. The third-order valence-electron chi connectivity index (χ3n) is 4.42. The molecule has 1 aromatic carbocycles. The van der Waals surface area contributed by atoms with Gasteiger partial charge in [0.2, 0.25) is 5.91 Å². The van der Waals surface area contributed by atoms with Crippen LogP contribution in [-0.2, 0) is 24.2 Å². The molecule has 0 spiro atoms. The Labute approximate surface area is 154 Å². The zero-order chi connectivity index (χ0) is 18.1. The minimum atomic E-state index is -0.178. The number of likely N-dealkylation sites (N-methyl/N-ethyl adjacent to an activating group) is 1. The van der Waals surface area contributed by atoms with Crippen LogP contribution in [-0.4, -0.2) is 39.4 Å². The van der Waals surface area contributed by atoms with E-state index in [2.05, 4.69) is 32.2 Å². The van der Waals surface area contributed by atoms with E-state index in [1.54, 1.807) is 18.2 Å². The molecule has 0 unspecified atom stereocenters. The SMILES string of the molecule is CN1CCc2nc(NC(=O)CCc3nc4ccccc4c(=O)[nH]3)sc2C1. The summed E-state index contributed by atoms with van der Waals surface area (Å²) in [4.78, 5) is 39.5. The zero-order valence-corrected chi connectivity index (χ0v) is 15.2. The molecule has 7 nitrogen and oxygen atoms in total. The van der Waals surface area contributed by atoms with Crippen molar-refractivity contribution >= 4 is 33.3 Å². The predicted molar refractivity (Wildman–Crippen MR) is 101 cm³/mol. The molecular weight excluding hydrogens is 350 g/mol. The van der Waals surface area contributed by atoms with E-state index in [1.165, 1.54) is 16.2 Å². The number of anilines is 1. The van der Waals surface area contributed by atoms with Gasteiger partial charge < -0.3 is 15.2 Å². The summed E-state index contributed by atoms with van der Waals surface area (Å²) in [6, 6.07) is 7.18. The number of benzene rings is 1. The minimum absolute atomic E-state index is 0.125. The van der Waals surface area contributed by atoms with Crippen LogP contribution < -0.4 is 10.9 Å². The number of nitrogens with zero attached hydrogens (tertiary/aromatic N) is 3. The first-order valence-corrected chi connectivity index (χ1v) is 9.35. The average molecular weight is 369 g/mol. The highest BCUT2D eigenvalue weighted by atomic mass is 32.1. The fraction of sp³-hybridized carbons (Fsp3) is 0.333. The van der Waals surface area contributed by atoms with Gasteiger partial charge in [0.15, 0.2) is 5.13 Å². The molecule has 0 radical (unpaired) electrons. The van der Waals surface area contributed by atoms with Crippen molar-refractivity contribution in [2.75, 3.05) is 18.9 Å². The summed E-state index contributed by atoms with van der Waals surface area (Å²) in [6.45, 7) is 1.87. The van der Waals surface area contributed by atoms with E-state index in [4.69, 9.17) is 0 Å². The molecule has 8 heteroatoms. The number of fused-ring (bicyclic) bond motifs is 2. The molecule has 0 fully saturated rings. The van der Waals surface area contributed by atoms with E-state index in [-0.39, 0.29) is 17.9 Å². The monoisotopic (exact) mass is 369 g/mol. The number of aromatic nitrogens is 3. The molecule has 134 valence electrons. The summed E-state index contributed by atoms with van der Waals surface area (Å²) in [5.41, 5.74) is 1.55. The van der Waals surface area contributed by atoms with Crippen LogP contribution in [0, 0.1) is 0 Å². The second-order valence-electron chi connectivity index (χ2n) is 6.45. The summed E-state index contributed by atoms with van der Waals surface area (Å²) in [6.07, 6.45) is 1.53. The number of carbonyl (C=O) groups is 1.